The molecule has 0 aromatic heterocycles. The van der Waals surface area contributed by atoms with E-state index >= 15 is 0 Å². The third-order valence-electron chi connectivity index (χ3n) is 7.07. The molecule has 0 aliphatic carbocycles. The van der Waals surface area contributed by atoms with Crippen molar-refractivity contribution in [2.45, 2.75) is 45.6 Å². The lowest BCUT2D eigenvalue weighted by Gasteiger charge is -2.45. The number of hydrogen-bond donors (Lipinski definition) is 1. The van der Waals surface area contributed by atoms with E-state index in [0.717, 1.165) is 34.4 Å². The predicted octanol–water partition coefficient (Wildman–Crippen LogP) is 5.52. The minimum Gasteiger partial charge on any atom is -0.490 e. The van der Waals surface area contributed by atoms with E-state index in [1.165, 1.54) is 0 Å². The van der Waals surface area contributed by atoms with E-state index in [-0.39, 0.29) is 11.8 Å². The van der Waals surface area contributed by atoms with Gasteiger partial charge in [0.25, 0.3) is 5.91 Å². The number of fused-ring (bicyclic) bond motifs is 4. The van der Waals surface area contributed by atoms with Crippen molar-refractivity contribution in [1.29, 1.82) is 0 Å². The summed E-state index contributed by atoms with van der Waals surface area (Å²) in [6.07, 6.45) is 1.58. The molecule has 2 aliphatic rings. The molecule has 6 heteroatoms. The van der Waals surface area contributed by atoms with Crippen molar-refractivity contribution in [2.24, 2.45) is 0 Å². The van der Waals surface area contributed by atoms with Crippen molar-refractivity contribution in [3.63, 3.8) is 0 Å². The number of rotatable bonds is 7. The number of carbonyl (C=O) groups is 2. The monoisotopic (exact) mass is 484 g/mol. The van der Waals surface area contributed by atoms with Gasteiger partial charge >= 0.3 is 0 Å². The summed E-state index contributed by atoms with van der Waals surface area (Å²) in [6, 6.07) is 19.0. The molecule has 3 aromatic rings. The van der Waals surface area contributed by atoms with Crippen LogP contribution in [0.5, 0.6) is 11.5 Å². The smallest absolute Gasteiger partial charge is 0.254 e. The average Bonchev–Trinajstić information content (AvgIpc) is 2.89. The predicted molar refractivity (Wildman–Crippen MR) is 140 cm³/mol. The van der Waals surface area contributed by atoms with Gasteiger partial charge in [0.2, 0.25) is 5.91 Å². The number of nitrogens with zero attached hydrogens (tertiary/aromatic N) is 1. The molecule has 0 saturated heterocycles. The molecule has 0 fully saturated rings. The van der Waals surface area contributed by atoms with Crippen LogP contribution in [0.3, 0.4) is 0 Å². The Kier molecular flexibility index (Phi) is 6.68. The summed E-state index contributed by atoms with van der Waals surface area (Å²) in [5.41, 5.74) is 5.29. The first kappa shape index (κ1) is 23.9. The molecule has 0 unspecified atom stereocenters. The Balaban J connectivity index is 1.63. The number of anilines is 1. The van der Waals surface area contributed by atoms with Crippen LogP contribution in [0.15, 0.2) is 60.7 Å². The van der Waals surface area contributed by atoms with Crippen molar-refractivity contribution < 1.29 is 19.1 Å². The van der Waals surface area contributed by atoms with Crippen LogP contribution in [0.25, 0.3) is 0 Å². The van der Waals surface area contributed by atoms with Crippen LogP contribution in [0.1, 0.15) is 65.3 Å². The van der Waals surface area contributed by atoms with Gasteiger partial charge in [0.15, 0.2) is 11.5 Å². The molecular weight excluding hydrogens is 452 g/mol. The largest absolute Gasteiger partial charge is 0.490 e. The maximum atomic E-state index is 14.0. The van der Waals surface area contributed by atoms with Gasteiger partial charge in [-0.3, -0.25) is 9.59 Å². The number of aryl methyl sites for hydroxylation is 1. The summed E-state index contributed by atoms with van der Waals surface area (Å²) in [7, 11) is 0. The maximum absolute atomic E-state index is 14.0. The van der Waals surface area contributed by atoms with Crippen LogP contribution in [0, 0.1) is 0 Å². The van der Waals surface area contributed by atoms with E-state index in [2.05, 4.69) is 18.3 Å². The fraction of sp³-hybridized carbons (Fsp3) is 0.333. The first-order valence-corrected chi connectivity index (χ1v) is 12.8. The zero-order chi connectivity index (χ0) is 25.2. The molecule has 186 valence electrons. The quantitative estimate of drug-likeness (QED) is 0.479. The van der Waals surface area contributed by atoms with Crippen molar-refractivity contribution in [3.8, 4) is 11.5 Å². The minimum absolute atomic E-state index is 0.0369. The van der Waals surface area contributed by atoms with Gasteiger partial charge in [-0.15, -0.1) is 0 Å². The second kappa shape index (κ2) is 10.1. The number of benzene rings is 3. The Morgan fingerprint density at radius 2 is 1.69 bits per heavy atom. The van der Waals surface area contributed by atoms with Gasteiger partial charge < -0.3 is 19.7 Å². The number of nitrogens with one attached hydrogen (secondary N) is 1. The number of ether oxygens (including phenoxy) is 2. The number of amides is 2. The van der Waals surface area contributed by atoms with Crippen molar-refractivity contribution in [1.82, 2.24) is 4.90 Å². The van der Waals surface area contributed by atoms with Crippen LogP contribution < -0.4 is 14.8 Å². The van der Waals surface area contributed by atoms with Crippen molar-refractivity contribution in [3.05, 3.63) is 88.5 Å². The highest BCUT2D eigenvalue weighted by Gasteiger charge is 2.46. The Labute approximate surface area is 212 Å². The summed E-state index contributed by atoms with van der Waals surface area (Å²) < 4.78 is 11.8. The van der Waals surface area contributed by atoms with E-state index in [1.807, 2.05) is 73.3 Å². The molecular formula is C30H32N2O4. The topological polar surface area (TPSA) is 67.9 Å². The van der Waals surface area contributed by atoms with Gasteiger partial charge in [-0.1, -0.05) is 37.3 Å². The average molecular weight is 485 g/mol. The lowest BCUT2D eigenvalue weighted by atomic mass is 9.75. The zero-order valence-electron chi connectivity index (χ0n) is 21.0. The first-order chi connectivity index (χ1) is 17.5. The third-order valence-corrected chi connectivity index (χ3v) is 7.07. The van der Waals surface area contributed by atoms with Crippen LogP contribution in [0.2, 0.25) is 0 Å². The molecule has 0 spiro atoms. The SMILES string of the molecule is CCOc1cc2c(cc1OCC)[C@@H]1[C@@H](C(=O)Nc3cccc(CC)c3)c3ccccc3C(=O)N1CC2. The number of carbonyl (C=O) groups excluding carboxylic acids is 2. The highest BCUT2D eigenvalue weighted by molar-refractivity contribution is 6.04. The first-order valence-electron chi connectivity index (χ1n) is 12.8. The molecule has 5 rings (SSSR count). The van der Waals surface area contributed by atoms with E-state index in [1.54, 1.807) is 0 Å². The fourth-order valence-corrected chi connectivity index (χ4v) is 5.44. The fourth-order valence-electron chi connectivity index (χ4n) is 5.44. The second-order valence-electron chi connectivity index (χ2n) is 9.17. The molecule has 2 atom stereocenters. The Morgan fingerprint density at radius 3 is 2.44 bits per heavy atom. The zero-order valence-corrected chi connectivity index (χ0v) is 21.0. The van der Waals surface area contributed by atoms with Gasteiger partial charge in [0.05, 0.1) is 25.2 Å². The van der Waals surface area contributed by atoms with E-state index in [0.29, 0.717) is 43.2 Å². The number of hydrogen-bond acceptors (Lipinski definition) is 4. The van der Waals surface area contributed by atoms with Gasteiger partial charge in [0, 0.05) is 17.8 Å². The summed E-state index contributed by atoms with van der Waals surface area (Å²) >= 11 is 0. The van der Waals surface area contributed by atoms with E-state index in [4.69, 9.17) is 9.47 Å². The van der Waals surface area contributed by atoms with Gasteiger partial charge in [-0.25, -0.2) is 0 Å². The standard InChI is InChI=1S/C30H32N2O4/c1-4-19-10-9-11-21(16-19)31-29(33)27-22-12-7-8-13-23(22)30(34)32-15-14-20-17-25(35-5-2)26(36-6-3)18-24(20)28(27)32/h7-13,16-18,27-28H,4-6,14-15H2,1-3H3,(H,31,33)/t27-,28+/m0/s1. The maximum Gasteiger partial charge on any atom is 0.254 e. The van der Waals surface area contributed by atoms with E-state index < -0.39 is 12.0 Å². The summed E-state index contributed by atoms with van der Waals surface area (Å²) in [4.78, 5) is 29.4. The summed E-state index contributed by atoms with van der Waals surface area (Å²) in [5, 5.41) is 3.14. The molecule has 6 nitrogen and oxygen atoms in total. The molecule has 1 N–H and O–H groups in total. The Hall–Kier alpha value is -3.80. The molecule has 0 radical (unpaired) electrons. The molecule has 2 amide bonds. The second-order valence-corrected chi connectivity index (χ2v) is 9.17. The summed E-state index contributed by atoms with van der Waals surface area (Å²) in [5.74, 6) is 0.617. The highest BCUT2D eigenvalue weighted by Crippen LogP contribution is 2.48. The third kappa shape index (κ3) is 4.21. The molecule has 2 heterocycles. The molecule has 0 bridgehead atoms. The normalized spacial score (nSPS) is 18.1. The van der Waals surface area contributed by atoms with Crippen molar-refractivity contribution >= 4 is 17.5 Å². The van der Waals surface area contributed by atoms with Gasteiger partial charge in [-0.05, 0) is 79.3 Å². The van der Waals surface area contributed by atoms with Crippen LogP contribution in [0.4, 0.5) is 5.69 Å². The molecule has 36 heavy (non-hydrogen) atoms. The molecule has 2 aliphatic heterocycles. The van der Waals surface area contributed by atoms with E-state index in [9.17, 15) is 9.59 Å². The van der Waals surface area contributed by atoms with Crippen molar-refractivity contribution in [2.75, 3.05) is 25.1 Å². The highest BCUT2D eigenvalue weighted by atomic mass is 16.5. The molecule has 3 aromatic carbocycles. The van der Waals surface area contributed by atoms with Gasteiger partial charge in [0.1, 0.15) is 0 Å². The minimum atomic E-state index is -0.560. The molecule has 0 saturated carbocycles. The van der Waals surface area contributed by atoms with Gasteiger partial charge in [-0.2, -0.15) is 0 Å². The lowest BCUT2D eigenvalue weighted by Crippen LogP contribution is -2.49. The Morgan fingerprint density at radius 1 is 0.944 bits per heavy atom. The summed E-state index contributed by atoms with van der Waals surface area (Å²) in [6.45, 7) is 7.53. The van der Waals surface area contributed by atoms with Crippen LogP contribution in [-0.2, 0) is 17.6 Å². The van der Waals surface area contributed by atoms with Crippen LogP contribution in [-0.4, -0.2) is 36.5 Å². The lowest BCUT2D eigenvalue weighted by molar-refractivity contribution is -0.119. The van der Waals surface area contributed by atoms with Crippen LogP contribution >= 0.6 is 0 Å². The Bertz CT molecular complexity index is 1300.